The molecule has 1 unspecified atom stereocenters. The van der Waals surface area contributed by atoms with Gasteiger partial charge in [-0.2, -0.15) is 0 Å². The second-order valence-electron chi connectivity index (χ2n) is 5.02. The maximum atomic E-state index is 12.6. The Morgan fingerprint density at radius 3 is 2.10 bits per heavy atom. The number of nitrogens with zero attached hydrogens (tertiary/aromatic N) is 1. The fourth-order valence-electron chi connectivity index (χ4n) is 2.27. The fraction of sp³-hybridized carbons (Fsp3) is 0.278. The summed E-state index contributed by atoms with van der Waals surface area (Å²) in [4.78, 5) is 14.5. The third-order valence-corrected chi connectivity index (χ3v) is 3.53. The smallest absolute Gasteiger partial charge is 0.231 e. The van der Waals surface area contributed by atoms with Crippen molar-refractivity contribution in [1.82, 2.24) is 0 Å². The molecule has 0 aromatic heterocycles. The van der Waals surface area contributed by atoms with Crippen molar-refractivity contribution in [3.05, 3.63) is 66.2 Å². The monoisotopic (exact) mass is 267 g/mol. The molecule has 2 aromatic rings. The second-order valence-corrected chi connectivity index (χ2v) is 5.02. The predicted molar refractivity (Wildman–Crippen MR) is 83.8 cm³/mol. The van der Waals surface area contributed by atoms with Crippen molar-refractivity contribution in [1.29, 1.82) is 0 Å². The van der Waals surface area contributed by atoms with Gasteiger partial charge in [0.1, 0.15) is 0 Å². The topological polar surface area (TPSA) is 20.3 Å². The zero-order valence-electron chi connectivity index (χ0n) is 12.1. The number of carbonyl (C=O) groups is 1. The van der Waals surface area contributed by atoms with Gasteiger partial charge in [-0.3, -0.25) is 4.79 Å². The number of amides is 1. The summed E-state index contributed by atoms with van der Waals surface area (Å²) in [6.45, 7) is 4.20. The lowest BCUT2D eigenvalue weighted by atomic mass is 10.1. The van der Waals surface area contributed by atoms with Crippen LogP contribution >= 0.6 is 0 Å². The molecule has 0 fully saturated rings. The highest BCUT2D eigenvalue weighted by Crippen LogP contribution is 2.19. The Morgan fingerprint density at radius 2 is 1.55 bits per heavy atom. The van der Waals surface area contributed by atoms with Crippen LogP contribution in [0.25, 0.3) is 0 Å². The van der Waals surface area contributed by atoms with Gasteiger partial charge >= 0.3 is 0 Å². The lowest BCUT2D eigenvalue weighted by molar-refractivity contribution is -0.118. The molecule has 0 aliphatic rings. The van der Waals surface area contributed by atoms with Crippen molar-refractivity contribution < 1.29 is 4.79 Å². The molecule has 0 spiro atoms. The molecule has 104 valence electrons. The molecular formula is C18H21NO. The molecule has 0 saturated heterocycles. The van der Waals surface area contributed by atoms with Gasteiger partial charge in [0.05, 0.1) is 6.42 Å². The lowest BCUT2D eigenvalue weighted by Crippen LogP contribution is -2.39. The van der Waals surface area contributed by atoms with E-state index >= 15 is 0 Å². The zero-order chi connectivity index (χ0) is 14.4. The van der Waals surface area contributed by atoms with Gasteiger partial charge in [-0.15, -0.1) is 0 Å². The highest BCUT2D eigenvalue weighted by atomic mass is 16.2. The summed E-state index contributed by atoms with van der Waals surface area (Å²) in [5, 5.41) is 0. The molecular weight excluding hydrogens is 246 g/mol. The molecule has 2 nitrogen and oxygen atoms in total. The minimum Gasteiger partial charge on any atom is -0.309 e. The van der Waals surface area contributed by atoms with Crippen molar-refractivity contribution >= 4 is 11.6 Å². The van der Waals surface area contributed by atoms with Crippen LogP contribution in [0.3, 0.4) is 0 Å². The molecule has 0 N–H and O–H groups in total. The first-order valence-electron chi connectivity index (χ1n) is 7.13. The summed E-state index contributed by atoms with van der Waals surface area (Å²) in [5.41, 5.74) is 2.03. The van der Waals surface area contributed by atoms with E-state index < -0.39 is 0 Å². The van der Waals surface area contributed by atoms with Crippen LogP contribution in [0, 0.1) is 0 Å². The fourth-order valence-corrected chi connectivity index (χ4v) is 2.27. The van der Waals surface area contributed by atoms with Gasteiger partial charge in [0, 0.05) is 11.7 Å². The summed E-state index contributed by atoms with van der Waals surface area (Å²) < 4.78 is 0. The van der Waals surface area contributed by atoms with E-state index in [0.717, 1.165) is 17.7 Å². The van der Waals surface area contributed by atoms with E-state index in [2.05, 4.69) is 13.8 Å². The average molecular weight is 267 g/mol. The molecule has 2 heteroatoms. The summed E-state index contributed by atoms with van der Waals surface area (Å²) in [6.07, 6.45) is 1.38. The van der Waals surface area contributed by atoms with E-state index in [1.165, 1.54) is 0 Å². The molecule has 2 rings (SSSR count). The van der Waals surface area contributed by atoms with Gasteiger partial charge in [-0.25, -0.2) is 0 Å². The standard InChI is InChI=1S/C18H21NO/c1-3-15(2)19(17-12-8-5-9-13-17)18(20)14-16-10-6-4-7-11-16/h4-13,15H,3,14H2,1-2H3. The van der Waals surface area contributed by atoms with Crippen molar-refractivity contribution in [2.45, 2.75) is 32.7 Å². The van der Waals surface area contributed by atoms with Crippen LogP contribution in [0.1, 0.15) is 25.8 Å². The van der Waals surface area contributed by atoms with Gasteiger partial charge in [0.2, 0.25) is 5.91 Å². The Morgan fingerprint density at radius 1 is 1.00 bits per heavy atom. The molecule has 0 bridgehead atoms. The molecule has 0 radical (unpaired) electrons. The number of benzene rings is 2. The van der Waals surface area contributed by atoms with Crippen LogP contribution in [0.2, 0.25) is 0 Å². The van der Waals surface area contributed by atoms with Gasteiger partial charge < -0.3 is 4.90 Å². The minimum atomic E-state index is 0.150. The summed E-state index contributed by atoms with van der Waals surface area (Å²) in [7, 11) is 0. The summed E-state index contributed by atoms with van der Waals surface area (Å²) in [6, 6.07) is 20.0. The van der Waals surface area contributed by atoms with Crippen LogP contribution in [0.4, 0.5) is 5.69 Å². The maximum Gasteiger partial charge on any atom is 0.231 e. The van der Waals surface area contributed by atoms with Crippen molar-refractivity contribution in [3.8, 4) is 0 Å². The normalized spacial score (nSPS) is 11.9. The summed E-state index contributed by atoms with van der Waals surface area (Å²) >= 11 is 0. The third-order valence-electron chi connectivity index (χ3n) is 3.53. The van der Waals surface area contributed by atoms with E-state index in [-0.39, 0.29) is 11.9 Å². The molecule has 1 atom stereocenters. The number of anilines is 1. The Hall–Kier alpha value is -2.09. The second kappa shape index (κ2) is 6.90. The van der Waals surface area contributed by atoms with E-state index in [9.17, 15) is 4.79 Å². The molecule has 2 aromatic carbocycles. The van der Waals surface area contributed by atoms with E-state index in [1.54, 1.807) is 0 Å². The SMILES string of the molecule is CCC(C)N(C(=O)Cc1ccccc1)c1ccccc1. The third kappa shape index (κ3) is 3.47. The van der Waals surface area contributed by atoms with Gasteiger partial charge in [-0.1, -0.05) is 55.5 Å². The highest BCUT2D eigenvalue weighted by molar-refractivity contribution is 5.95. The highest BCUT2D eigenvalue weighted by Gasteiger charge is 2.20. The Bertz CT molecular complexity index is 536. The first-order valence-corrected chi connectivity index (χ1v) is 7.13. The van der Waals surface area contributed by atoms with Crippen molar-refractivity contribution in [2.75, 3.05) is 4.90 Å². The Kier molecular flexibility index (Phi) is 4.94. The van der Waals surface area contributed by atoms with Crippen LogP contribution in [0.15, 0.2) is 60.7 Å². The lowest BCUT2D eigenvalue weighted by Gasteiger charge is -2.29. The van der Waals surface area contributed by atoms with Gasteiger partial charge in [0.25, 0.3) is 0 Å². The largest absolute Gasteiger partial charge is 0.309 e. The number of carbonyl (C=O) groups excluding carboxylic acids is 1. The molecule has 20 heavy (non-hydrogen) atoms. The van der Waals surface area contributed by atoms with Crippen LogP contribution in [0.5, 0.6) is 0 Å². The summed E-state index contributed by atoms with van der Waals surface area (Å²) in [5.74, 6) is 0.150. The number of rotatable bonds is 5. The van der Waals surface area contributed by atoms with Crippen LogP contribution in [-0.4, -0.2) is 11.9 Å². The number of hydrogen-bond acceptors (Lipinski definition) is 1. The first-order chi connectivity index (χ1) is 9.72. The molecule has 0 aliphatic heterocycles. The van der Waals surface area contributed by atoms with E-state index in [1.807, 2.05) is 65.6 Å². The quantitative estimate of drug-likeness (QED) is 0.800. The van der Waals surface area contributed by atoms with Gasteiger partial charge in [-0.05, 0) is 31.0 Å². The molecule has 0 aliphatic carbocycles. The van der Waals surface area contributed by atoms with Crippen LogP contribution < -0.4 is 4.90 Å². The Balaban J connectivity index is 2.21. The maximum absolute atomic E-state index is 12.6. The number of para-hydroxylation sites is 1. The predicted octanol–water partition coefficient (Wildman–Crippen LogP) is 4.06. The zero-order valence-corrected chi connectivity index (χ0v) is 12.1. The number of hydrogen-bond donors (Lipinski definition) is 0. The first kappa shape index (κ1) is 14.3. The molecule has 0 heterocycles. The Labute approximate surface area is 121 Å². The van der Waals surface area contributed by atoms with E-state index in [0.29, 0.717) is 6.42 Å². The van der Waals surface area contributed by atoms with Crippen molar-refractivity contribution in [3.63, 3.8) is 0 Å². The van der Waals surface area contributed by atoms with E-state index in [4.69, 9.17) is 0 Å². The van der Waals surface area contributed by atoms with Crippen LogP contribution in [-0.2, 0) is 11.2 Å². The van der Waals surface area contributed by atoms with Gasteiger partial charge in [0.15, 0.2) is 0 Å². The molecule has 1 amide bonds. The average Bonchev–Trinajstić information content (AvgIpc) is 2.49. The van der Waals surface area contributed by atoms with Crippen molar-refractivity contribution in [2.24, 2.45) is 0 Å². The molecule has 0 saturated carbocycles. The minimum absolute atomic E-state index is 0.150.